The molecule has 0 amide bonds. The molecule has 0 bridgehead atoms. The van der Waals surface area contributed by atoms with E-state index >= 15 is 0 Å². The van der Waals surface area contributed by atoms with Crippen LogP contribution in [0.25, 0.3) is 0 Å². The first-order valence-corrected chi connectivity index (χ1v) is 2.72. The molecule has 0 N–H and O–H groups in total. The average Bonchev–Trinajstić information content (AvgIpc) is 1.85. The number of carboxylic acids is 1. The van der Waals surface area contributed by atoms with Crippen LogP contribution >= 0.6 is 0 Å². The SMILES string of the molecule is CCOC(=O)C=CC(=O)[O-].[Mg+]. The molecule has 57 valence electrons. The number of ether oxygens (including phenoxy) is 1. The van der Waals surface area contributed by atoms with Crippen LogP contribution in [0.2, 0.25) is 0 Å². The minimum Gasteiger partial charge on any atom is -0.545 e. The van der Waals surface area contributed by atoms with Crippen LogP contribution in [0.1, 0.15) is 6.92 Å². The summed E-state index contributed by atoms with van der Waals surface area (Å²) >= 11 is 0. The van der Waals surface area contributed by atoms with E-state index in [-0.39, 0.29) is 29.7 Å². The molecule has 0 aromatic carbocycles. The van der Waals surface area contributed by atoms with E-state index < -0.39 is 11.9 Å². The number of hydrogen-bond donors (Lipinski definition) is 0. The molecule has 0 atom stereocenters. The Morgan fingerprint density at radius 3 is 2.36 bits per heavy atom. The maximum absolute atomic E-state index is 10.3. The van der Waals surface area contributed by atoms with Gasteiger partial charge in [0.1, 0.15) is 0 Å². The normalized spacial score (nSPS) is 8.82. The van der Waals surface area contributed by atoms with Gasteiger partial charge in [-0.15, -0.1) is 0 Å². The fourth-order valence-corrected chi connectivity index (χ4v) is 0.326. The van der Waals surface area contributed by atoms with Crippen molar-refractivity contribution in [1.29, 1.82) is 0 Å². The molecule has 4 nitrogen and oxygen atoms in total. The van der Waals surface area contributed by atoms with Gasteiger partial charge in [-0.2, -0.15) is 0 Å². The fourth-order valence-electron chi connectivity index (χ4n) is 0.326. The van der Waals surface area contributed by atoms with Crippen molar-refractivity contribution in [3.63, 3.8) is 0 Å². The van der Waals surface area contributed by atoms with Crippen molar-refractivity contribution >= 4 is 35.0 Å². The Morgan fingerprint density at radius 1 is 1.45 bits per heavy atom. The Labute approximate surface area is 80.4 Å². The minimum absolute atomic E-state index is 0. The van der Waals surface area contributed by atoms with Gasteiger partial charge in [0, 0.05) is 6.08 Å². The van der Waals surface area contributed by atoms with Crippen molar-refractivity contribution in [2.24, 2.45) is 0 Å². The van der Waals surface area contributed by atoms with Gasteiger partial charge >= 0.3 is 29.0 Å². The summed E-state index contributed by atoms with van der Waals surface area (Å²) in [4.78, 5) is 20.0. The van der Waals surface area contributed by atoms with Crippen molar-refractivity contribution < 1.29 is 19.4 Å². The quantitative estimate of drug-likeness (QED) is 0.291. The summed E-state index contributed by atoms with van der Waals surface area (Å²) in [5, 5.41) is 9.70. The van der Waals surface area contributed by atoms with E-state index in [2.05, 4.69) is 4.74 Å². The number of carbonyl (C=O) groups is 2. The van der Waals surface area contributed by atoms with Gasteiger partial charge in [-0.3, -0.25) is 0 Å². The zero-order chi connectivity index (χ0) is 7.98. The molecule has 0 saturated heterocycles. The molecule has 0 saturated carbocycles. The van der Waals surface area contributed by atoms with Crippen LogP contribution in [0.5, 0.6) is 0 Å². The number of rotatable bonds is 3. The second-order valence-electron chi connectivity index (χ2n) is 1.40. The summed E-state index contributed by atoms with van der Waals surface area (Å²) in [6, 6.07) is 0. The van der Waals surface area contributed by atoms with Gasteiger partial charge in [-0.25, -0.2) is 4.79 Å². The Morgan fingerprint density at radius 2 is 2.00 bits per heavy atom. The Kier molecular flexibility index (Phi) is 8.97. The first-order chi connectivity index (χ1) is 4.66. The predicted molar refractivity (Wildman–Crippen MR) is 36.5 cm³/mol. The van der Waals surface area contributed by atoms with Crippen molar-refractivity contribution in [2.75, 3.05) is 6.61 Å². The van der Waals surface area contributed by atoms with Gasteiger partial charge in [0.2, 0.25) is 0 Å². The zero-order valence-corrected chi connectivity index (χ0v) is 7.62. The summed E-state index contributed by atoms with van der Waals surface area (Å²) < 4.78 is 4.38. The second-order valence-corrected chi connectivity index (χ2v) is 1.40. The van der Waals surface area contributed by atoms with Gasteiger partial charge in [-0.1, -0.05) is 0 Å². The number of carbonyl (C=O) groups excluding carboxylic acids is 2. The number of esters is 1. The molecule has 0 unspecified atom stereocenters. The van der Waals surface area contributed by atoms with Crippen LogP contribution < -0.4 is 5.11 Å². The third-order valence-electron chi connectivity index (χ3n) is 0.642. The first kappa shape index (κ1) is 13.1. The molecule has 0 aromatic heterocycles. The third kappa shape index (κ3) is 9.45. The Bertz CT molecular complexity index is 164. The van der Waals surface area contributed by atoms with E-state index in [1.54, 1.807) is 6.92 Å². The van der Waals surface area contributed by atoms with Gasteiger partial charge in [0.15, 0.2) is 0 Å². The molecule has 0 fully saturated rings. The number of carboxylic acid groups (broad SMARTS) is 1. The van der Waals surface area contributed by atoms with Crippen molar-refractivity contribution in [3.8, 4) is 0 Å². The Hall–Kier alpha value is -0.554. The maximum atomic E-state index is 10.3. The monoisotopic (exact) mass is 167 g/mol. The van der Waals surface area contributed by atoms with Crippen molar-refractivity contribution in [3.05, 3.63) is 12.2 Å². The molecular formula is C6H7MgO4. The van der Waals surface area contributed by atoms with Gasteiger partial charge in [-0.05, 0) is 13.0 Å². The van der Waals surface area contributed by atoms with E-state index in [1.165, 1.54) is 0 Å². The average molecular weight is 167 g/mol. The number of aliphatic carboxylic acids is 1. The fraction of sp³-hybridized carbons (Fsp3) is 0.333. The van der Waals surface area contributed by atoms with Crippen molar-refractivity contribution in [1.82, 2.24) is 0 Å². The standard InChI is InChI=1S/C6H8O4.Mg/c1-2-10-6(9)4-3-5(7)8;/h3-4H,2H2,1H3,(H,7,8);/q;+1/p-1. The van der Waals surface area contributed by atoms with Crippen LogP contribution in [0.15, 0.2) is 12.2 Å². The molecule has 0 aromatic rings. The molecule has 0 rings (SSSR count). The summed E-state index contributed by atoms with van der Waals surface area (Å²) in [5.41, 5.74) is 0. The van der Waals surface area contributed by atoms with Gasteiger partial charge in [0.25, 0.3) is 0 Å². The van der Waals surface area contributed by atoms with Gasteiger partial charge in [0.05, 0.1) is 12.6 Å². The van der Waals surface area contributed by atoms with Crippen LogP contribution in [-0.2, 0) is 14.3 Å². The van der Waals surface area contributed by atoms with Crippen LogP contribution in [0, 0.1) is 0 Å². The largest absolute Gasteiger partial charge is 1.00 e. The topological polar surface area (TPSA) is 66.4 Å². The molecule has 0 aliphatic rings. The molecule has 5 heteroatoms. The molecule has 0 spiro atoms. The number of hydrogen-bond acceptors (Lipinski definition) is 4. The smallest absolute Gasteiger partial charge is 0.545 e. The summed E-state index contributed by atoms with van der Waals surface area (Å²) in [7, 11) is 0. The van der Waals surface area contributed by atoms with E-state index in [0.717, 1.165) is 6.08 Å². The Balaban J connectivity index is 0. The zero-order valence-electron chi connectivity index (χ0n) is 6.20. The minimum atomic E-state index is -1.41. The van der Waals surface area contributed by atoms with Crippen LogP contribution in [0.3, 0.4) is 0 Å². The molecule has 0 aliphatic heterocycles. The molecule has 1 radical (unpaired) electrons. The summed E-state index contributed by atoms with van der Waals surface area (Å²) in [6.07, 6.45) is 1.43. The van der Waals surface area contributed by atoms with Gasteiger partial charge < -0.3 is 14.6 Å². The third-order valence-corrected chi connectivity index (χ3v) is 0.642. The van der Waals surface area contributed by atoms with Crippen LogP contribution in [0.4, 0.5) is 0 Å². The summed E-state index contributed by atoms with van der Waals surface area (Å²) in [5.74, 6) is -2.08. The predicted octanol–water partition coefficient (Wildman–Crippen LogP) is -1.53. The maximum Gasteiger partial charge on any atom is 1.00 e. The van der Waals surface area contributed by atoms with E-state index in [0.29, 0.717) is 6.08 Å². The van der Waals surface area contributed by atoms with E-state index in [1.807, 2.05) is 0 Å². The second kappa shape index (κ2) is 7.55. The van der Waals surface area contributed by atoms with E-state index in [9.17, 15) is 14.7 Å². The van der Waals surface area contributed by atoms with Crippen LogP contribution in [-0.4, -0.2) is 41.6 Å². The molecule has 0 aliphatic carbocycles. The van der Waals surface area contributed by atoms with E-state index in [4.69, 9.17) is 0 Å². The molecule has 0 heterocycles. The first-order valence-electron chi connectivity index (χ1n) is 2.72. The molecular weight excluding hydrogens is 160 g/mol. The molecule has 11 heavy (non-hydrogen) atoms. The summed E-state index contributed by atoms with van der Waals surface area (Å²) in [6.45, 7) is 1.86. The van der Waals surface area contributed by atoms with Crippen molar-refractivity contribution in [2.45, 2.75) is 6.92 Å².